The van der Waals surface area contributed by atoms with Crippen LogP contribution >= 0.6 is 0 Å². The first-order valence-electron chi connectivity index (χ1n) is 8.70. The highest BCUT2D eigenvalue weighted by molar-refractivity contribution is 6.02. The van der Waals surface area contributed by atoms with E-state index in [1.54, 1.807) is 6.07 Å². The van der Waals surface area contributed by atoms with Crippen molar-refractivity contribution in [2.45, 2.75) is 53.2 Å². The third-order valence-corrected chi connectivity index (χ3v) is 4.40. The number of aromatic nitrogens is 2. The summed E-state index contributed by atoms with van der Waals surface area (Å²) in [6.07, 6.45) is -0.920. The molecule has 0 bridgehead atoms. The van der Waals surface area contributed by atoms with E-state index in [1.165, 1.54) is 0 Å². The summed E-state index contributed by atoms with van der Waals surface area (Å²) in [6.45, 7) is 9.77. The number of hydrogen-bond donors (Lipinski definition) is 2. The normalized spacial score (nSPS) is 16.1. The minimum atomic E-state index is -0.856. The first-order chi connectivity index (χ1) is 12.3. The van der Waals surface area contributed by atoms with Gasteiger partial charge in [0.15, 0.2) is 6.10 Å². The third kappa shape index (κ3) is 3.42. The summed E-state index contributed by atoms with van der Waals surface area (Å²) in [5, 5.41) is 10.1. The average molecular weight is 356 g/mol. The summed E-state index contributed by atoms with van der Waals surface area (Å²) in [7, 11) is 0. The molecule has 0 fully saturated rings. The fourth-order valence-corrected chi connectivity index (χ4v) is 3.10. The summed E-state index contributed by atoms with van der Waals surface area (Å²) >= 11 is 0. The van der Waals surface area contributed by atoms with E-state index in [0.29, 0.717) is 17.1 Å². The van der Waals surface area contributed by atoms with Gasteiger partial charge in [-0.2, -0.15) is 5.10 Å². The highest BCUT2D eigenvalue weighted by Crippen LogP contribution is 2.31. The zero-order valence-corrected chi connectivity index (χ0v) is 15.7. The van der Waals surface area contributed by atoms with Crippen LogP contribution in [0.15, 0.2) is 18.2 Å². The van der Waals surface area contributed by atoms with Gasteiger partial charge < -0.3 is 15.4 Å². The zero-order chi connectivity index (χ0) is 19.0. The number of benzene rings is 1. The topological polar surface area (TPSA) is 85.3 Å². The minimum Gasteiger partial charge on any atom is -0.478 e. The van der Waals surface area contributed by atoms with E-state index >= 15 is 0 Å². The Bertz CT molecular complexity index is 870. The molecule has 26 heavy (non-hydrogen) atoms. The molecule has 2 N–H and O–H groups in total. The van der Waals surface area contributed by atoms with Crippen LogP contribution < -0.4 is 15.4 Å². The van der Waals surface area contributed by atoms with Gasteiger partial charge in [0.05, 0.1) is 29.2 Å². The molecule has 1 unspecified atom stereocenters. The number of aryl methyl sites for hydroxylation is 2. The van der Waals surface area contributed by atoms with Gasteiger partial charge in [-0.3, -0.25) is 14.3 Å². The lowest BCUT2D eigenvalue weighted by molar-refractivity contribution is -0.128. The lowest BCUT2D eigenvalue weighted by Crippen LogP contribution is -2.39. The first kappa shape index (κ1) is 18.0. The van der Waals surface area contributed by atoms with Crippen molar-refractivity contribution in [3.05, 3.63) is 35.2 Å². The molecule has 2 heterocycles. The number of ether oxygens (including phenoxy) is 1. The van der Waals surface area contributed by atoms with Gasteiger partial charge in [0.2, 0.25) is 5.91 Å². The third-order valence-electron chi connectivity index (χ3n) is 4.40. The van der Waals surface area contributed by atoms with E-state index in [9.17, 15) is 9.59 Å². The number of rotatable bonds is 4. The number of carbonyl (C=O) groups is 2. The molecule has 1 atom stereocenters. The van der Waals surface area contributed by atoms with Gasteiger partial charge in [0, 0.05) is 6.04 Å². The van der Waals surface area contributed by atoms with Crippen molar-refractivity contribution >= 4 is 23.2 Å². The van der Waals surface area contributed by atoms with Crippen LogP contribution in [0.5, 0.6) is 5.75 Å². The Morgan fingerprint density at radius 2 is 2.08 bits per heavy atom. The molecule has 0 saturated heterocycles. The maximum atomic E-state index is 12.5. The number of amides is 2. The van der Waals surface area contributed by atoms with Gasteiger partial charge in [-0.15, -0.1) is 0 Å². The molecular weight excluding hydrogens is 332 g/mol. The van der Waals surface area contributed by atoms with E-state index in [-0.39, 0.29) is 24.3 Å². The van der Waals surface area contributed by atoms with Crippen LogP contribution in [0.2, 0.25) is 0 Å². The number of anilines is 2. The van der Waals surface area contributed by atoms with E-state index in [2.05, 4.69) is 15.7 Å². The van der Waals surface area contributed by atoms with Crippen LogP contribution in [-0.2, 0) is 9.59 Å². The number of hydrogen-bond acceptors (Lipinski definition) is 4. The maximum Gasteiger partial charge on any atom is 0.266 e. The minimum absolute atomic E-state index is 0.0646. The molecule has 138 valence electrons. The van der Waals surface area contributed by atoms with E-state index in [1.807, 2.05) is 51.4 Å². The zero-order valence-electron chi connectivity index (χ0n) is 15.7. The molecule has 0 radical (unpaired) electrons. The molecule has 2 amide bonds. The molecule has 7 heteroatoms. The second kappa shape index (κ2) is 6.82. The summed E-state index contributed by atoms with van der Waals surface area (Å²) in [5.41, 5.74) is 3.99. The van der Waals surface area contributed by atoms with E-state index < -0.39 is 6.10 Å². The molecule has 0 saturated carbocycles. The molecule has 0 aliphatic carbocycles. The molecule has 0 spiro atoms. The largest absolute Gasteiger partial charge is 0.478 e. The van der Waals surface area contributed by atoms with Crippen LogP contribution in [0.3, 0.4) is 0 Å². The Labute approximate surface area is 152 Å². The van der Waals surface area contributed by atoms with Gasteiger partial charge in [-0.25, -0.2) is 0 Å². The Morgan fingerprint density at radius 1 is 1.35 bits per heavy atom. The van der Waals surface area contributed by atoms with Gasteiger partial charge in [0.1, 0.15) is 5.75 Å². The SMILES string of the molecule is Cc1ccc2c(c1)NC(=O)C(CC(=O)Nc1c(C)nn(C(C)C)c1C)O2. The molecule has 3 rings (SSSR count). The Morgan fingerprint density at radius 3 is 2.73 bits per heavy atom. The standard InChI is InChI=1S/C19H24N4O3/c1-10(2)23-13(5)18(12(4)22-23)21-17(24)9-16-19(25)20-14-8-11(3)6-7-15(14)26-16/h6-8,10,16H,9H2,1-5H3,(H,20,25)(H,21,24). The molecule has 1 aliphatic heterocycles. The van der Waals surface area contributed by atoms with Crippen molar-refractivity contribution in [3.63, 3.8) is 0 Å². The Balaban J connectivity index is 1.71. The lowest BCUT2D eigenvalue weighted by atomic mass is 10.1. The monoisotopic (exact) mass is 356 g/mol. The Hall–Kier alpha value is -2.83. The van der Waals surface area contributed by atoms with E-state index in [0.717, 1.165) is 17.0 Å². The molecule has 7 nitrogen and oxygen atoms in total. The summed E-state index contributed by atoms with van der Waals surface area (Å²) < 4.78 is 7.59. The van der Waals surface area contributed by atoms with Crippen LogP contribution in [0, 0.1) is 20.8 Å². The summed E-state index contributed by atoms with van der Waals surface area (Å²) in [6, 6.07) is 5.75. The van der Waals surface area contributed by atoms with Crippen LogP contribution in [0.25, 0.3) is 0 Å². The van der Waals surface area contributed by atoms with Gasteiger partial charge in [-0.05, 0) is 52.3 Å². The number of nitrogens with one attached hydrogen (secondary N) is 2. The summed E-state index contributed by atoms with van der Waals surface area (Å²) in [4.78, 5) is 24.7. The predicted octanol–water partition coefficient (Wildman–Crippen LogP) is 3.12. The highest BCUT2D eigenvalue weighted by atomic mass is 16.5. The van der Waals surface area contributed by atoms with Gasteiger partial charge in [-0.1, -0.05) is 6.07 Å². The average Bonchev–Trinajstić information content (AvgIpc) is 2.84. The molecule has 1 aromatic carbocycles. The predicted molar refractivity (Wildman–Crippen MR) is 99.6 cm³/mol. The number of nitrogens with zero attached hydrogens (tertiary/aromatic N) is 2. The van der Waals surface area contributed by atoms with Crippen molar-refractivity contribution in [3.8, 4) is 5.75 Å². The molecule has 2 aromatic rings. The molecule has 1 aromatic heterocycles. The summed E-state index contributed by atoms with van der Waals surface area (Å²) in [5.74, 6) is -0.0206. The maximum absolute atomic E-state index is 12.5. The first-order valence-corrected chi connectivity index (χ1v) is 8.70. The van der Waals surface area contributed by atoms with Crippen molar-refractivity contribution in [1.82, 2.24) is 9.78 Å². The van der Waals surface area contributed by atoms with Crippen LogP contribution in [0.4, 0.5) is 11.4 Å². The lowest BCUT2D eigenvalue weighted by Gasteiger charge is -2.25. The highest BCUT2D eigenvalue weighted by Gasteiger charge is 2.30. The smallest absolute Gasteiger partial charge is 0.266 e. The van der Waals surface area contributed by atoms with Gasteiger partial charge in [0.25, 0.3) is 5.91 Å². The number of carbonyl (C=O) groups excluding carboxylic acids is 2. The van der Waals surface area contributed by atoms with Crippen molar-refractivity contribution in [2.75, 3.05) is 10.6 Å². The van der Waals surface area contributed by atoms with Crippen molar-refractivity contribution < 1.29 is 14.3 Å². The number of fused-ring (bicyclic) bond motifs is 1. The molecular formula is C19H24N4O3. The van der Waals surface area contributed by atoms with Crippen molar-refractivity contribution in [1.29, 1.82) is 0 Å². The molecule has 1 aliphatic rings. The Kier molecular flexibility index (Phi) is 4.71. The second-order valence-corrected chi connectivity index (χ2v) is 6.93. The van der Waals surface area contributed by atoms with Gasteiger partial charge >= 0.3 is 0 Å². The van der Waals surface area contributed by atoms with Crippen molar-refractivity contribution in [2.24, 2.45) is 0 Å². The van der Waals surface area contributed by atoms with Crippen LogP contribution in [-0.4, -0.2) is 27.7 Å². The fourth-order valence-electron chi connectivity index (χ4n) is 3.10. The quantitative estimate of drug-likeness (QED) is 0.881. The fraction of sp³-hybridized carbons (Fsp3) is 0.421. The second-order valence-electron chi connectivity index (χ2n) is 6.93. The van der Waals surface area contributed by atoms with Crippen LogP contribution in [0.1, 0.15) is 43.3 Å². The van der Waals surface area contributed by atoms with E-state index in [4.69, 9.17) is 4.74 Å².